The van der Waals surface area contributed by atoms with Crippen molar-refractivity contribution in [2.75, 3.05) is 0 Å². The molecule has 1 aromatic heterocycles. The summed E-state index contributed by atoms with van der Waals surface area (Å²) in [4.78, 5) is 0. The molecule has 1 aliphatic rings. The Balaban J connectivity index is 1.98. The van der Waals surface area contributed by atoms with Gasteiger partial charge < -0.3 is 0 Å². The van der Waals surface area contributed by atoms with E-state index in [0.29, 0.717) is 0 Å². The first-order valence-electron chi connectivity index (χ1n) is 6.58. The molecule has 0 unspecified atom stereocenters. The summed E-state index contributed by atoms with van der Waals surface area (Å²) in [5.41, 5.74) is 5.54. The molecule has 2 nitrogen and oxygen atoms in total. The third kappa shape index (κ3) is 1.60. The fraction of sp³-hybridized carbons (Fsp3) is 0.118. The van der Waals surface area contributed by atoms with Crippen LogP contribution in [0.5, 0.6) is 0 Å². The average molecular weight is 246 g/mol. The van der Waals surface area contributed by atoms with Gasteiger partial charge in [-0.3, -0.25) is 4.68 Å². The van der Waals surface area contributed by atoms with Gasteiger partial charge in [0, 0.05) is 12.4 Å². The Kier molecular flexibility index (Phi) is 2.27. The molecule has 1 aliphatic carbocycles. The summed E-state index contributed by atoms with van der Waals surface area (Å²) in [6.45, 7) is 0. The van der Waals surface area contributed by atoms with Crippen LogP contribution in [0.1, 0.15) is 28.3 Å². The van der Waals surface area contributed by atoms with Crippen molar-refractivity contribution in [2.45, 2.75) is 12.5 Å². The Hall–Kier alpha value is -2.35. The molecule has 4 rings (SSSR count). The van der Waals surface area contributed by atoms with Gasteiger partial charge in [0.05, 0.1) is 0 Å². The molecule has 0 bridgehead atoms. The highest BCUT2D eigenvalue weighted by atomic mass is 15.3. The Morgan fingerprint density at radius 1 is 0.842 bits per heavy atom. The number of benzene rings is 2. The van der Waals surface area contributed by atoms with Gasteiger partial charge in [0.1, 0.15) is 6.04 Å². The first kappa shape index (κ1) is 10.6. The van der Waals surface area contributed by atoms with Gasteiger partial charge in [0.15, 0.2) is 0 Å². The molecule has 19 heavy (non-hydrogen) atoms. The molecule has 92 valence electrons. The molecule has 0 amide bonds. The van der Waals surface area contributed by atoms with Crippen LogP contribution < -0.4 is 0 Å². The van der Waals surface area contributed by atoms with Crippen LogP contribution in [0.3, 0.4) is 0 Å². The minimum Gasteiger partial charge on any atom is -0.261 e. The number of fused-ring (bicyclic) bond motifs is 2. The van der Waals surface area contributed by atoms with Crippen LogP contribution in [0.2, 0.25) is 0 Å². The smallest absolute Gasteiger partial charge is 0.102 e. The van der Waals surface area contributed by atoms with E-state index in [9.17, 15) is 0 Å². The third-order valence-electron chi connectivity index (χ3n) is 3.87. The van der Waals surface area contributed by atoms with Gasteiger partial charge in [-0.1, -0.05) is 48.5 Å². The Morgan fingerprint density at radius 3 is 2.05 bits per heavy atom. The zero-order valence-corrected chi connectivity index (χ0v) is 10.5. The van der Waals surface area contributed by atoms with Crippen molar-refractivity contribution in [3.8, 4) is 0 Å². The van der Waals surface area contributed by atoms with Crippen molar-refractivity contribution in [1.82, 2.24) is 9.78 Å². The molecule has 0 spiro atoms. The number of nitrogens with zero attached hydrogens (tertiary/aromatic N) is 2. The normalized spacial score (nSPS) is 13.9. The van der Waals surface area contributed by atoms with E-state index in [1.54, 1.807) is 0 Å². The topological polar surface area (TPSA) is 17.8 Å². The number of hydrogen-bond acceptors (Lipinski definition) is 1. The first-order valence-corrected chi connectivity index (χ1v) is 6.58. The van der Waals surface area contributed by atoms with E-state index in [0.717, 1.165) is 6.42 Å². The van der Waals surface area contributed by atoms with E-state index >= 15 is 0 Å². The zero-order valence-electron chi connectivity index (χ0n) is 10.5. The van der Waals surface area contributed by atoms with Crippen LogP contribution in [0.4, 0.5) is 0 Å². The minimum atomic E-state index is 0.205. The molecular weight excluding hydrogens is 232 g/mol. The van der Waals surface area contributed by atoms with Gasteiger partial charge in [-0.15, -0.1) is 0 Å². The maximum atomic E-state index is 4.45. The standard InChI is InChI=1S/C17H14N2/c1-3-8-15-13(6-1)12-14-7-2-4-9-16(14)17(15)19-11-5-10-18-19/h1-11,17H,12H2. The van der Waals surface area contributed by atoms with Crippen molar-refractivity contribution in [2.24, 2.45) is 0 Å². The lowest BCUT2D eigenvalue weighted by Crippen LogP contribution is -2.20. The van der Waals surface area contributed by atoms with Crippen LogP contribution in [0.15, 0.2) is 67.0 Å². The molecule has 0 radical (unpaired) electrons. The maximum Gasteiger partial charge on any atom is 0.102 e. The first-order chi connectivity index (χ1) is 9.43. The van der Waals surface area contributed by atoms with E-state index in [4.69, 9.17) is 0 Å². The minimum absolute atomic E-state index is 0.205. The molecule has 0 saturated heterocycles. The van der Waals surface area contributed by atoms with E-state index in [1.165, 1.54) is 22.3 Å². The van der Waals surface area contributed by atoms with Crippen LogP contribution in [-0.2, 0) is 6.42 Å². The third-order valence-corrected chi connectivity index (χ3v) is 3.87. The lowest BCUT2D eigenvalue weighted by molar-refractivity contribution is 0.579. The molecule has 0 atom stereocenters. The predicted molar refractivity (Wildman–Crippen MR) is 75.2 cm³/mol. The quantitative estimate of drug-likeness (QED) is 0.503. The van der Waals surface area contributed by atoms with Crippen LogP contribution in [0, 0.1) is 0 Å². The van der Waals surface area contributed by atoms with Gasteiger partial charge in [0.2, 0.25) is 0 Å². The predicted octanol–water partition coefficient (Wildman–Crippen LogP) is 3.43. The zero-order chi connectivity index (χ0) is 12.7. The van der Waals surface area contributed by atoms with Gasteiger partial charge in [-0.25, -0.2) is 0 Å². The molecule has 0 aliphatic heterocycles. The number of rotatable bonds is 1. The molecule has 0 saturated carbocycles. The Bertz CT molecular complexity index is 668. The van der Waals surface area contributed by atoms with Crippen LogP contribution in [-0.4, -0.2) is 9.78 Å². The average Bonchev–Trinajstić information content (AvgIpc) is 2.98. The number of aromatic nitrogens is 2. The van der Waals surface area contributed by atoms with Gasteiger partial charge in [-0.05, 0) is 34.7 Å². The summed E-state index contributed by atoms with van der Waals surface area (Å²) in [5.74, 6) is 0. The van der Waals surface area contributed by atoms with Gasteiger partial charge >= 0.3 is 0 Å². The second-order valence-electron chi connectivity index (χ2n) is 4.96. The maximum absolute atomic E-state index is 4.45. The van der Waals surface area contributed by atoms with Crippen molar-refractivity contribution < 1.29 is 0 Å². The van der Waals surface area contributed by atoms with Crippen molar-refractivity contribution in [1.29, 1.82) is 0 Å². The second kappa shape index (κ2) is 4.09. The van der Waals surface area contributed by atoms with Gasteiger partial charge in [-0.2, -0.15) is 5.10 Å². The summed E-state index contributed by atoms with van der Waals surface area (Å²) < 4.78 is 2.05. The molecule has 1 heterocycles. The molecule has 0 fully saturated rings. The van der Waals surface area contributed by atoms with Crippen LogP contribution >= 0.6 is 0 Å². The highest BCUT2D eigenvalue weighted by Gasteiger charge is 2.26. The lowest BCUT2D eigenvalue weighted by Gasteiger charge is -2.28. The van der Waals surface area contributed by atoms with E-state index in [-0.39, 0.29) is 6.04 Å². The van der Waals surface area contributed by atoms with E-state index < -0.39 is 0 Å². The van der Waals surface area contributed by atoms with Crippen molar-refractivity contribution in [3.63, 3.8) is 0 Å². The summed E-state index contributed by atoms with van der Waals surface area (Å²) in [5, 5.41) is 4.45. The Morgan fingerprint density at radius 2 is 1.47 bits per heavy atom. The number of hydrogen-bond donors (Lipinski definition) is 0. The molecule has 0 N–H and O–H groups in total. The fourth-order valence-electron chi connectivity index (χ4n) is 3.01. The summed E-state index contributed by atoms with van der Waals surface area (Å²) in [7, 11) is 0. The SMILES string of the molecule is c1ccc2c(c1)Cc1ccccc1C2n1cccn1. The monoisotopic (exact) mass is 246 g/mol. The summed E-state index contributed by atoms with van der Waals surface area (Å²) >= 11 is 0. The van der Waals surface area contributed by atoms with Crippen LogP contribution in [0.25, 0.3) is 0 Å². The van der Waals surface area contributed by atoms with Crippen molar-refractivity contribution in [3.05, 3.63) is 89.2 Å². The fourth-order valence-corrected chi connectivity index (χ4v) is 3.01. The highest BCUT2D eigenvalue weighted by molar-refractivity contribution is 5.48. The van der Waals surface area contributed by atoms with E-state index in [1.807, 2.05) is 18.5 Å². The summed E-state index contributed by atoms with van der Waals surface area (Å²) in [6.07, 6.45) is 4.91. The molecule has 2 heteroatoms. The lowest BCUT2D eigenvalue weighted by atomic mass is 9.82. The molecular formula is C17H14N2. The van der Waals surface area contributed by atoms with E-state index in [2.05, 4.69) is 58.3 Å². The summed E-state index contributed by atoms with van der Waals surface area (Å²) in [6, 6.07) is 19.5. The molecule has 3 aromatic rings. The second-order valence-corrected chi connectivity index (χ2v) is 4.96. The Labute approximate surface area is 112 Å². The molecule has 2 aromatic carbocycles. The van der Waals surface area contributed by atoms with Gasteiger partial charge in [0.25, 0.3) is 0 Å². The highest BCUT2D eigenvalue weighted by Crippen LogP contribution is 2.36. The largest absolute Gasteiger partial charge is 0.261 e. The van der Waals surface area contributed by atoms with Crippen molar-refractivity contribution >= 4 is 0 Å².